The Hall–Kier alpha value is -2.82. The average Bonchev–Trinajstić information content (AvgIpc) is 3.19. The Kier molecular flexibility index (Phi) is 7.51. The topological polar surface area (TPSA) is 62.5 Å². The van der Waals surface area contributed by atoms with E-state index in [1.807, 2.05) is 0 Å². The van der Waals surface area contributed by atoms with Gasteiger partial charge in [0.05, 0.1) is 5.56 Å². The Labute approximate surface area is 187 Å². The van der Waals surface area contributed by atoms with Gasteiger partial charge in [0, 0.05) is 50.9 Å². The molecule has 0 spiro atoms. The van der Waals surface area contributed by atoms with Crippen molar-refractivity contribution in [2.24, 2.45) is 5.73 Å². The number of hydrogen-bond acceptors (Lipinski definition) is 4. The molecule has 1 saturated heterocycles. The zero-order chi connectivity index (χ0) is 24.3. The van der Waals surface area contributed by atoms with Gasteiger partial charge in [-0.15, -0.1) is 0 Å². The molecule has 3 rings (SSSR count). The van der Waals surface area contributed by atoms with E-state index in [2.05, 4.69) is 4.98 Å². The van der Waals surface area contributed by atoms with Crippen LogP contribution in [0.25, 0.3) is 0 Å². The third-order valence-corrected chi connectivity index (χ3v) is 5.65. The maximum absolute atomic E-state index is 13.9. The standard InChI is InChI=1S/C22H24F6N4O/c1-31(20-9-14(4-5-30-20)22(26,27)28)12-16-3-2-6-32(16)21(33)10-15(29)7-13-8-18(24)19(25)11-17(13)23/h4-5,8-9,11,15-16H,2-3,6-7,10,12,29H2,1H3/t15-,16?/m1/s1. The van der Waals surface area contributed by atoms with Crippen LogP contribution in [-0.2, 0) is 17.4 Å². The molecular weight excluding hydrogens is 450 g/mol. The van der Waals surface area contributed by atoms with Gasteiger partial charge in [0.25, 0.3) is 0 Å². The summed E-state index contributed by atoms with van der Waals surface area (Å²) < 4.78 is 79.3. The number of pyridine rings is 1. The molecule has 2 heterocycles. The molecule has 1 aliphatic heterocycles. The number of anilines is 1. The third kappa shape index (κ3) is 6.16. The maximum atomic E-state index is 13.9. The monoisotopic (exact) mass is 474 g/mol. The van der Waals surface area contributed by atoms with Crippen LogP contribution >= 0.6 is 0 Å². The van der Waals surface area contributed by atoms with Crippen molar-refractivity contribution in [2.45, 2.75) is 43.9 Å². The van der Waals surface area contributed by atoms with Gasteiger partial charge in [-0.25, -0.2) is 18.2 Å². The summed E-state index contributed by atoms with van der Waals surface area (Å²) in [4.78, 5) is 20.0. The molecule has 1 fully saturated rings. The minimum Gasteiger partial charge on any atom is -0.358 e. The summed E-state index contributed by atoms with van der Waals surface area (Å²) in [6.07, 6.45) is -2.32. The van der Waals surface area contributed by atoms with Crippen molar-refractivity contribution in [3.8, 4) is 0 Å². The fraction of sp³-hybridized carbons (Fsp3) is 0.455. The van der Waals surface area contributed by atoms with Gasteiger partial charge in [0.2, 0.25) is 5.91 Å². The van der Waals surface area contributed by atoms with Crippen LogP contribution in [0.5, 0.6) is 0 Å². The van der Waals surface area contributed by atoms with E-state index >= 15 is 0 Å². The summed E-state index contributed by atoms with van der Waals surface area (Å²) in [6, 6.07) is 1.93. The van der Waals surface area contributed by atoms with Gasteiger partial charge in [-0.3, -0.25) is 4.79 Å². The molecule has 180 valence electrons. The molecule has 1 aromatic heterocycles. The fourth-order valence-corrected chi connectivity index (χ4v) is 3.98. The Morgan fingerprint density at radius 3 is 2.61 bits per heavy atom. The van der Waals surface area contributed by atoms with Crippen molar-refractivity contribution in [1.82, 2.24) is 9.88 Å². The van der Waals surface area contributed by atoms with Crippen LogP contribution in [0.2, 0.25) is 0 Å². The van der Waals surface area contributed by atoms with Gasteiger partial charge in [0.1, 0.15) is 11.6 Å². The number of nitrogens with zero attached hydrogens (tertiary/aromatic N) is 3. The van der Waals surface area contributed by atoms with Crippen LogP contribution in [0.4, 0.5) is 32.2 Å². The van der Waals surface area contributed by atoms with Gasteiger partial charge in [-0.05, 0) is 43.0 Å². The van der Waals surface area contributed by atoms with Crippen molar-refractivity contribution in [3.63, 3.8) is 0 Å². The molecule has 0 bridgehead atoms. The van der Waals surface area contributed by atoms with Crippen LogP contribution in [0.3, 0.4) is 0 Å². The smallest absolute Gasteiger partial charge is 0.358 e. The molecule has 1 unspecified atom stereocenters. The highest BCUT2D eigenvalue weighted by Crippen LogP contribution is 2.31. The van der Waals surface area contributed by atoms with Crippen LogP contribution in [-0.4, -0.2) is 48.0 Å². The van der Waals surface area contributed by atoms with E-state index in [4.69, 9.17) is 5.73 Å². The van der Waals surface area contributed by atoms with Crippen LogP contribution in [0, 0.1) is 17.5 Å². The number of hydrogen-bond donors (Lipinski definition) is 1. The van der Waals surface area contributed by atoms with Gasteiger partial charge in [0.15, 0.2) is 11.6 Å². The molecule has 2 aromatic rings. The van der Waals surface area contributed by atoms with E-state index in [9.17, 15) is 31.1 Å². The molecule has 1 aliphatic rings. The molecule has 5 nitrogen and oxygen atoms in total. The summed E-state index contributed by atoms with van der Waals surface area (Å²) in [5.74, 6) is -3.60. The highest BCUT2D eigenvalue weighted by atomic mass is 19.4. The minimum atomic E-state index is -4.49. The van der Waals surface area contributed by atoms with E-state index in [1.54, 1.807) is 16.8 Å². The summed E-state index contributed by atoms with van der Waals surface area (Å²) in [7, 11) is 1.60. The van der Waals surface area contributed by atoms with Crippen molar-refractivity contribution in [2.75, 3.05) is 25.0 Å². The molecule has 0 aliphatic carbocycles. The van der Waals surface area contributed by atoms with Crippen LogP contribution in [0.15, 0.2) is 30.5 Å². The first-order valence-electron chi connectivity index (χ1n) is 10.4. The lowest BCUT2D eigenvalue weighted by Crippen LogP contribution is -2.44. The normalized spacial score (nSPS) is 17.3. The second-order valence-electron chi connectivity index (χ2n) is 8.19. The minimum absolute atomic E-state index is 0.123. The van der Waals surface area contributed by atoms with Gasteiger partial charge >= 0.3 is 6.18 Å². The maximum Gasteiger partial charge on any atom is 0.416 e. The van der Waals surface area contributed by atoms with E-state index in [-0.39, 0.29) is 42.7 Å². The molecule has 0 radical (unpaired) electrons. The predicted octanol–water partition coefficient (Wildman–Crippen LogP) is 3.91. The van der Waals surface area contributed by atoms with E-state index < -0.39 is 35.2 Å². The first kappa shape index (κ1) is 24.8. The number of alkyl halides is 3. The van der Waals surface area contributed by atoms with E-state index in [0.717, 1.165) is 24.4 Å². The summed E-state index contributed by atoms with van der Waals surface area (Å²) in [5, 5.41) is 0. The predicted molar refractivity (Wildman–Crippen MR) is 110 cm³/mol. The SMILES string of the molecule is CN(CC1CCCN1C(=O)C[C@H](N)Cc1cc(F)c(F)cc1F)c1cc(C(F)(F)F)ccn1. The quantitative estimate of drug-likeness (QED) is 0.489. The number of likely N-dealkylation sites (tertiary alicyclic amines) is 1. The Morgan fingerprint density at radius 2 is 1.91 bits per heavy atom. The first-order chi connectivity index (χ1) is 15.5. The highest BCUT2D eigenvalue weighted by Gasteiger charge is 2.33. The third-order valence-electron chi connectivity index (χ3n) is 5.65. The largest absolute Gasteiger partial charge is 0.416 e. The number of likely N-dealkylation sites (N-methyl/N-ethyl adjacent to an activating group) is 1. The molecule has 2 atom stereocenters. The summed E-state index contributed by atoms with van der Waals surface area (Å²) in [6.45, 7) is 0.729. The van der Waals surface area contributed by atoms with Crippen LogP contribution < -0.4 is 10.6 Å². The van der Waals surface area contributed by atoms with E-state index in [0.29, 0.717) is 25.5 Å². The lowest BCUT2D eigenvalue weighted by atomic mass is 10.0. The second-order valence-corrected chi connectivity index (χ2v) is 8.19. The average molecular weight is 474 g/mol. The Balaban J connectivity index is 1.61. The van der Waals surface area contributed by atoms with Gasteiger partial charge in [-0.1, -0.05) is 0 Å². The summed E-state index contributed by atoms with van der Waals surface area (Å²) >= 11 is 0. The number of rotatable bonds is 7. The first-order valence-corrected chi connectivity index (χ1v) is 10.4. The summed E-state index contributed by atoms with van der Waals surface area (Å²) in [5.41, 5.74) is 5.04. The Bertz CT molecular complexity index is 999. The number of nitrogens with two attached hydrogens (primary N) is 1. The molecule has 2 N–H and O–H groups in total. The molecule has 11 heteroatoms. The molecular formula is C22H24F6N4O. The number of benzene rings is 1. The number of carbonyl (C=O) groups is 1. The van der Waals surface area contributed by atoms with Crippen molar-refractivity contribution >= 4 is 11.7 Å². The number of amides is 1. The van der Waals surface area contributed by atoms with Crippen molar-refractivity contribution in [1.29, 1.82) is 0 Å². The van der Waals surface area contributed by atoms with Gasteiger partial charge < -0.3 is 15.5 Å². The zero-order valence-corrected chi connectivity index (χ0v) is 17.9. The van der Waals surface area contributed by atoms with Crippen LogP contribution in [0.1, 0.15) is 30.4 Å². The molecule has 0 saturated carbocycles. The number of aromatic nitrogens is 1. The van der Waals surface area contributed by atoms with Crippen molar-refractivity contribution < 1.29 is 31.1 Å². The molecule has 1 aromatic carbocycles. The highest BCUT2D eigenvalue weighted by molar-refractivity contribution is 5.77. The molecule has 1 amide bonds. The Morgan fingerprint density at radius 1 is 1.21 bits per heavy atom. The molecule has 33 heavy (non-hydrogen) atoms. The van der Waals surface area contributed by atoms with Crippen molar-refractivity contribution in [3.05, 3.63) is 59.0 Å². The lowest BCUT2D eigenvalue weighted by molar-refractivity contribution is -0.137. The van der Waals surface area contributed by atoms with E-state index in [1.165, 1.54) is 0 Å². The second kappa shape index (κ2) is 9.98. The van der Waals surface area contributed by atoms with Gasteiger partial charge in [-0.2, -0.15) is 13.2 Å². The lowest BCUT2D eigenvalue weighted by Gasteiger charge is -2.30. The number of halogens is 6. The fourth-order valence-electron chi connectivity index (χ4n) is 3.98. The zero-order valence-electron chi connectivity index (χ0n) is 17.9. The number of carbonyl (C=O) groups excluding carboxylic acids is 1.